The van der Waals surface area contributed by atoms with Gasteiger partial charge >= 0.3 is 17.9 Å². The fourth-order valence-corrected chi connectivity index (χ4v) is 2.03. The summed E-state index contributed by atoms with van der Waals surface area (Å²) in [4.78, 5) is 35.9. The number of carbonyl (C=O) groups excluding carboxylic acids is 3. The van der Waals surface area contributed by atoms with Crippen LogP contribution in [0.5, 0.6) is 0 Å². The minimum atomic E-state index is -1.47. The summed E-state index contributed by atoms with van der Waals surface area (Å²) in [6.45, 7) is 2.98. The smallest absolute Gasteiger partial charge is 0.303 e. The van der Waals surface area contributed by atoms with Crippen LogP contribution in [-0.4, -0.2) is 60.3 Å². The first kappa shape index (κ1) is 18.7. The Morgan fingerprint density at radius 1 is 1.13 bits per heavy atom. The Kier molecular flexibility index (Phi) is 6.76. The first-order valence-corrected chi connectivity index (χ1v) is 6.61. The maximum Gasteiger partial charge on any atom is 0.303 e. The van der Waals surface area contributed by atoms with Gasteiger partial charge < -0.3 is 24.1 Å². The fraction of sp³-hybridized carbons (Fsp3) is 0.750. The molecule has 0 aromatic carbocycles. The fourth-order valence-electron chi connectivity index (χ4n) is 2.03. The minimum absolute atomic E-state index is 0.363. The Bertz CT molecular complexity index is 518. The minimum Gasteiger partial charge on any atom is -0.463 e. The van der Waals surface area contributed by atoms with Crippen LogP contribution in [0.15, 0.2) is 5.11 Å². The number of aliphatic hydroxyl groups is 1. The molecule has 128 valence electrons. The van der Waals surface area contributed by atoms with Crippen LogP contribution in [0, 0.1) is 0 Å². The summed E-state index contributed by atoms with van der Waals surface area (Å²) < 4.78 is 19.9. The van der Waals surface area contributed by atoms with Crippen molar-refractivity contribution in [3.63, 3.8) is 0 Å². The van der Waals surface area contributed by atoms with Crippen LogP contribution in [0.3, 0.4) is 0 Å². The number of ether oxygens (including phenoxy) is 4. The molecule has 1 fully saturated rings. The van der Waals surface area contributed by atoms with Crippen molar-refractivity contribution in [3.05, 3.63) is 10.4 Å². The van der Waals surface area contributed by atoms with Gasteiger partial charge in [0.2, 0.25) is 0 Å². The van der Waals surface area contributed by atoms with Crippen molar-refractivity contribution in [2.24, 2.45) is 5.11 Å². The highest BCUT2D eigenvalue weighted by atomic mass is 16.6. The normalized spacial score (nSPS) is 29.8. The van der Waals surface area contributed by atoms with Gasteiger partial charge in [0.15, 0.2) is 18.4 Å². The zero-order valence-electron chi connectivity index (χ0n) is 12.7. The maximum atomic E-state index is 11.2. The highest BCUT2D eigenvalue weighted by Crippen LogP contribution is 2.27. The van der Waals surface area contributed by atoms with Crippen molar-refractivity contribution in [2.75, 3.05) is 6.61 Å². The zero-order chi connectivity index (χ0) is 17.6. The highest BCUT2D eigenvalue weighted by Gasteiger charge is 2.49. The summed E-state index contributed by atoms with van der Waals surface area (Å²) in [5.41, 5.74) is 8.59. The second-order valence-electron chi connectivity index (χ2n) is 4.71. The first-order chi connectivity index (χ1) is 10.8. The van der Waals surface area contributed by atoms with Crippen molar-refractivity contribution in [1.82, 2.24) is 0 Å². The Hall–Kier alpha value is -2.36. The summed E-state index contributed by atoms with van der Waals surface area (Å²) in [6, 6.07) is 0. The molecular formula is C12H17N3O8. The van der Waals surface area contributed by atoms with Crippen molar-refractivity contribution in [2.45, 2.75) is 51.4 Å². The monoisotopic (exact) mass is 331 g/mol. The quantitative estimate of drug-likeness (QED) is 0.239. The molecule has 0 amide bonds. The van der Waals surface area contributed by atoms with Gasteiger partial charge in [0.25, 0.3) is 0 Å². The van der Waals surface area contributed by atoms with Crippen LogP contribution in [0.2, 0.25) is 0 Å². The SMILES string of the molecule is CC(=O)OC[C@H]1O[C@@H](N=[N+]=[N-])[C@H](OC(C)=O)[C@@H](OC(C)=O)[C@H]1O. The number of nitrogens with zero attached hydrogens (tertiary/aromatic N) is 3. The number of hydrogen-bond donors (Lipinski definition) is 1. The number of hydrogen-bond acceptors (Lipinski definition) is 9. The zero-order valence-corrected chi connectivity index (χ0v) is 12.7. The molecule has 0 aromatic rings. The Labute approximate surface area is 131 Å². The average molecular weight is 331 g/mol. The lowest BCUT2D eigenvalue weighted by atomic mass is 9.98. The molecule has 1 saturated heterocycles. The average Bonchev–Trinajstić information content (AvgIpc) is 2.43. The second kappa shape index (κ2) is 8.32. The molecule has 1 heterocycles. The second-order valence-corrected chi connectivity index (χ2v) is 4.71. The van der Waals surface area contributed by atoms with Gasteiger partial charge in [-0.25, -0.2) is 0 Å². The van der Waals surface area contributed by atoms with E-state index < -0.39 is 48.6 Å². The third kappa shape index (κ3) is 5.40. The molecular weight excluding hydrogens is 314 g/mol. The van der Waals surface area contributed by atoms with Crippen molar-refractivity contribution in [3.8, 4) is 0 Å². The van der Waals surface area contributed by atoms with E-state index in [1.807, 2.05) is 0 Å². The molecule has 0 aliphatic carbocycles. The van der Waals surface area contributed by atoms with Gasteiger partial charge in [0.1, 0.15) is 18.8 Å². The largest absolute Gasteiger partial charge is 0.463 e. The van der Waals surface area contributed by atoms with Crippen LogP contribution < -0.4 is 0 Å². The standard InChI is InChI=1S/C12H17N3O8/c1-5(16)20-4-8-9(19)10(21-6(2)17)11(22-7(3)18)12(23-8)14-15-13/h8-12,19H,4H2,1-3H3/t8-,9+,10+,11-,12-/m1/s1. The molecule has 0 unspecified atom stereocenters. The maximum absolute atomic E-state index is 11.2. The predicted molar refractivity (Wildman–Crippen MR) is 71.6 cm³/mol. The van der Waals surface area contributed by atoms with Crippen molar-refractivity contribution in [1.29, 1.82) is 0 Å². The number of carbonyl (C=O) groups is 3. The van der Waals surface area contributed by atoms with Crippen LogP contribution in [-0.2, 0) is 33.3 Å². The molecule has 11 nitrogen and oxygen atoms in total. The summed E-state index contributed by atoms with van der Waals surface area (Å²) in [5.74, 6) is -2.12. The van der Waals surface area contributed by atoms with Gasteiger partial charge in [-0.2, -0.15) is 0 Å². The number of esters is 3. The van der Waals surface area contributed by atoms with Gasteiger partial charge in [0.05, 0.1) is 0 Å². The van der Waals surface area contributed by atoms with E-state index in [1.54, 1.807) is 0 Å². The topological polar surface area (TPSA) is 157 Å². The van der Waals surface area contributed by atoms with E-state index in [0.717, 1.165) is 20.8 Å². The molecule has 0 saturated carbocycles. The van der Waals surface area contributed by atoms with Crippen LogP contribution in [0.1, 0.15) is 20.8 Å². The number of aliphatic hydroxyl groups excluding tert-OH is 1. The van der Waals surface area contributed by atoms with Gasteiger partial charge in [-0.05, 0) is 5.53 Å². The summed E-state index contributed by atoms with van der Waals surface area (Å²) in [5, 5.41) is 13.6. The van der Waals surface area contributed by atoms with E-state index in [2.05, 4.69) is 10.0 Å². The molecule has 5 atom stereocenters. The van der Waals surface area contributed by atoms with Crippen molar-refractivity contribution < 1.29 is 38.4 Å². The molecule has 0 radical (unpaired) electrons. The van der Waals surface area contributed by atoms with Crippen LogP contribution in [0.4, 0.5) is 0 Å². The van der Waals surface area contributed by atoms with Gasteiger partial charge in [-0.15, -0.1) is 0 Å². The number of rotatable bonds is 5. The molecule has 1 N–H and O–H groups in total. The lowest BCUT2D eigenvalue weighted by Crippen LogP contribution is -2.60. The molecule has 1 aliphatic heterocycles. The lowest BCUT2D eigenvalue weighted by Gasteiger charge is -2.41. The van der Waals surface area contributed by atoms with E-state index in [4.69, 9.17) is 24.5 Å². The lowest BCUT2D eigenvalue weighted by molar-refractivity contribution is -0.245. The predicted octanol–water partition coefficient (Wildman–Crippen LogP) is -0.191. The molecule has 11 heteroatoms. The third-order valence-electron chi connectivity index (χ3n) is 2.86. The van der Waals surface area contributed by atoms with Crippen molar-refractivity contribution >= 4 is 17.9 Å². The van der Waals surface area contributed by atoms with E-state index in [-0.39, 0.29) is 6.61 Å². The summed E-state index contributed by atoms with van der Waals surface area (Å²) in [6.07, 6.45) is -6.65. The van der Waals surface area contributed by atoms with E-state index in [0.29, 0.717) is 0 Å². The van der Waals surface area contributed by atoms with Gasteiger partial charge in [-0.1, -0.05) is 5.11 Å². The van der Waals surface area contributed by atoms with E-state index >= 15 is 0 Å². The molecule has 1 aliphatic rings. The molecule has 0 spiro atoms. The Balaban J connectivity index is 3.06. The highest BCUT2D eigenvalue weighted by molar-refractivity contribution is 5.67. The molecule has 0 aromatic heterocycles. The van der Waals surface area contributed by atoms with E-state index in [1.165, 1.54) is 0 Å². The molecule has 23 heavy (non-hydrogen) atoms. The van der Waals surface area contributed by atoms with Crippen LogP contribution >= 0.6 is 0 Å². The first-order valence-electron chi connectivity index (χ1n) is 6.61. The molecule has 1 rings (SSSR count). The summed E-state index contributed by atoms with van der Waals surface area (Å²) >= 11 is 0. The third-order valence-corrected chi connectivity index (χ3v) is 2.86. The van der Waals surface area contributed by atoms with Crippen LogP contribution in [0.25, 0.3) is 10.4 Å². The van der Waals surface area contributed by atoms with Gasteiger partial charge in [0, 0.05) is 25.7 Å². The molecule has 0 bridgehead atoms. The van der Waals surface area contributed by atoms with Gasteiger partial charge in [-0.3, -0.25) is 14.4 Å². The Morgan fingerprint density at radius 2 is 1.70 bits per heavy atom. The Morgan fingerprint density at radius 3 is 2.17 bits per heavy atom. The summed E-state index contributed by atoms with van der Waals surface area (Å²) in [7, 11) is 0. The van der Waals surface area contributed by atoms with E-state index in [9.17, 15) is 19.5 Å². The number of azide groups is 1.